The molecule has 0 spiro atoms. The Labute approximate surface area is 196 Å². The normalized spacial score (nSPS) is 14.7. The maximum Gasteiger partial charge on any atom is 0.335 e. The summed E-state index contributed by atoms with van der Waals surface area (Å²) in [5.41, 5.74) is 0.713. The van der Waals surface area contributed by atoms with Crippen LogP contribution in [0.5, 0.6) is 17.2 Å². The van der Waals surface area contributed by atoms with E-state index in [0.29, 0.717) is 22.7 Å². The van der Waals surface area contributed by atoms with E-state index in [1.807, 2.05) is 0 Å². The van der Waals surface area contributed by atoms with Crippen molar-refractivity contribution in [2.75, 3.05) is 25.2 Å². The van der Waals surface area contributed by atoms with Crippen LogP contribution < -0.4 is 24.4 Å². The van der Waals surface area contributed by atoms with Crippen LogP contribution in [-0.2, 0) is 9.59 Å². The molecular formula is C26H22N2O6. The van der Waals surface area contributed by atoms with E-state index in [4.69, 9.17) is 14.2 Å². The molecule has 8 nitrogen and oxygen atoms in total. The lowest BCUT2D eigenvalue weighted by Gasteiger charge is -2.26. The van der Waals surface area contributed by atoms with E-state index in [-0.39, 0.29) is 18.8 Å². The fourth-order valence-corrected chi connectivity index (χ4v) is 3.34. The predicted octanol–water partition coefficient (Wildman–Crippen LogP) is 3.82. The van der Waals surface area contributed by atoms with Gasteiger partial charge in [0.15, 0.2) is 0 Å². The summed E-state index contributed by atoms with van der Waals surface area (Å²) in [5.74, 6) is 0.406. The van der Waals surface area contributed by atoms with Crippen LogP contribution in [0.1, 0.15) is 5.56 Å². The van der Waals surface area contributed by atoms with Gasteiger partial charge in [0.2, 0.25) is 0 Å². The van der Waals surface area contributed by atoms with Crippen molar-refractivity contribution in [3.8, 4) is 17.2 Å². The molecule has 1 aliphatic heterocycles. The van der Waals surface area contributed by atoms with Gasteiger partial charge >= 0.3 is 6.03 Å². The summed E-state index contributed by atoms with van der Waals surface area (Å²) >= 11 is 0. The Morgan fingerprint density at radius 1 is 0.794 bits per heavy atom. The molecule has 4 amide bonds. The van der Waals surface area contributed by atoms with Gasteiger partial charge in [0.1, 0.15) is 36.0 Å². The first-order valence-electron chi connectivity index (χ1n) is 10.5. The first-order valence-corrected chi connectivity index (χ1v) is 10.5. The van der Waals surface area contributed by atoms with Crippen molar-refractivity contribution in [1.82, 2.24) is 5.32 Å². The van der Waals surface area contributed by atoms with Crippen molar-refractivity contribution < 1.29 is 28.6 Å². The Bertz CT molecular complexity index is 1220. The molecule has 0 atom stereocenters. The van der Waals surface area contributed by atoms with Crippen LogP contribution in [0.25, 0.3) is 6.08 Å². The average molecular weight is 458 g/mol. The molecule has 3 aromatic carbocycles. The number of nitrogens with one attached hydrogen (secondary N) is 1. The third kappa shape index (κ3) is 5.07. The van der Waals surface area contributed by atoms with Crippen molar-refractivity contribution in [3.63, 3.8) is 0 Å². The minimum absolute atomic E-state index is 0.172. The molecule has 0 aliphatic carbocycles. The Morgan fingerprint density at radius 3 is 2.18 bits per heavy atom. The van der Waals surface area contributed by atoms with Gasteiger partial charge in [0.25, 0.3) is 11.8 Å². The van der Waals surface area contributed by atoms with Gasteiger partial charge in [-0.05, 0) is 48.5 Å². The molecule has 1 heterocycles. The van der Waals surface area contributed by atoms with Crippen LogP contribution in [-0.4, -0.2) is 38.2 Å². The number of anilines is 1. The second kappa shape index (κ2) is 10.4. The van der Waals surface area contributed by atoms with Gasteiger partial charge in [0, 0.05) is 5.56 Å². The number of rotatable bonds is 8. The fourth-order valence-electron chi connectivity index (χ4n) is 3.34. The monoisotopic (exact) mass is 458 g/mol. The number of imide groups is 2. The van der Waals surface area contributed by atoms with Crippen LogP contribution >= 0.6 is 0 Å². The third-order valence-electron chi connectivity index (χ3n) is 5.00. The molecule has 1 N–H and O–H groups in total. The highest BCUT2D eigenvalue weighted by Gasteiger charge is 2.36. The Balaban J connectivity index is 1.47. The number of benzene rings is 3. The number of nitrogens with zero attached hydrogens (tertiary/aromatic N) is 1. The lowest BCUT2D eigenvalue weighted by atomic mass is 10.1. The number of methoxy groups -OCH3 is 1. The number of ether oxygens (including phenoxy) is 3. The summed E-state index contributed by atoms with van der Waals surface area (Å²) in [6, 6.07) is 21.8. The first kappa shape index (κ1) is 22.6. The minimum atomic E-state index is -0.793. The number of amides is 4. The maximum atomic E-state index is 13.0. The molecule has 8 heteroatoms. The van der Waals surface area contributed by atoms with E-state index < -0.39 is 17.8 Å². The van der Waals surface area contributed by atoms with E-state index in [0.717, 1.165) is 10.6 Å². The SMILES string of the molecule is COc1ccc(OCCOc2ccccc2/C=C2/C(=O)NC(=O)N(c3ccccc3)C2=O)cc1. The van der Waals surface area contributed by atoms with Crippen molar-refractivity contribution in [2.24, 2.45) is 0 Å². The van der Waals surface area contributed by atoms with Crippen LogP contribution in [0.15, 0.2) is 84.4 Å². The van der Waals surface area contributed by atoms with E-state index >= 15 is 0 Å². The second-order valence-corrected chi connectivity index (χ2v) is 7.20. The summed E-state index contributed by atoms with van der Waals surface area (Å²) in [7, 11) is 1.60. The Kier molecular flexibility index (Phi) is 6.88. The number of hydrogen-bond donors (Lipinski definition) is 1. The van der Waals surface area contributed by atoms with E-state index in [9.17, 15) is 14.4 Å². The smallest absolute Gasteiger partial charge is 0.335 e. The number of hydrogen-bond acceptors (Lipinski definition) is 6. The highest BCUT2D eigenvalue weighted by Crippen LogP contribution is 2.25. The van der Waals surface area contributed by atoms with E-state index in [1.54, 1.807) is 86.0 Å². The molecule has 0 saturated carbocycles. The number of carbonyl (C=O) groups excluding carboxylic acids is 3. The molecule has 4 rings (SSSR count). The zero-order chi connectivity index (χ0) is 23.9. The molecule has 1 aliphatic rings. The van der Waals surface area contributed by atoms with Crippen molar-refractivity contribution in [3.05, 3.63) is 90.0 Å². The summed E-state index contributed by atoms with van der Waals surface area (Å²) in [5, 5.41) is 2.22. The maximum absolute atomic E-state index is 13.0. The number of urea groups is 1. The highest BCUT2D eigenvalue weighted by atomic mass is 16.5. The molecule has 0 radical (unpaired) electrons. The lowest BCUT2D eigenvalue weighted by molar-refractivity contribution is -0.122. The Hall–Kier alpha value is -4.59. The van der Waals surface area contributed by atoms with E-state index in [1.165, 1.54) is 6.08 Å². The van der Waals surface area contributed by atoms with Crippen molar-refractivity contribution in [2.45, 2.75) is 0 Å². The van der Waals surface area contributed by atoms with Gasteiger partial charge in [-0.3, -0.25) is 14.9 Å². The molecule has 172 valence electrons. The Morgan fingerprint density at radius 2 is 1.44 bits per heavy atom. The van der Waals surface area contributed by atoms with Crippen LogP contribution in [0.2, 0.25) is 0 Å². The summed E-state index contributed by atoms with van der Waals surface area (Å²) < 4.78 is 16.6. The topological polar surface area (TPSA) is 94.2 Å². The predicted molar refractivity (Wildman–Crippen MR) is 126 cm³/mol. The highest BCUT2D eigenvalue weighted by molar-refractivity contribution is 6.39. The zero-order valence-corrected chi connectivity index (χ0v) is 18.4. The van der Waals surface area contributed by atoms with Gasteiger partial charge in [-0.15, -0.1) is 0 Å². The minimum Gasteiger partial charge on any atom is -0.497 e. The molecule has 34 heavy (non-hydrogen) atoms. The molecule has 1 saturated heterocycles. The van der Waals surface area contributed by atoms with Crippen LogP contribution in [0.4, 0.5) is 10.5 Å². The van der Waals surface area contributed by atoms with Crippen LogP contribution in [0, 0.1) is 0 Å². The van der Waals surface area contributed by atoms with Gasteiger partial charge in [-0.25, -0.2) is 9.69 Å². The number of barbiturate groups is 1. The molecule has 0 unspecified atom stereocenters. The van der Waals surface area contributed by atoms with Gasteiger partial charge in [-0.1, -0.05) is 36.4 Å². The van der Waals surface area contributed by atoms with E-state index in [2.05, 4.69) is 5.32 Å². The average Bonchev–Trinajstić information content (AvgIpc) is 2.86. The lowest BCUT2D eigenvalue weighted by Crippen LogP contribution is -2.54. The summed E-state index contributed by atoms with van der Waals surface area (Å²) in [4.78, 5) is 38.7. The molecule has 1 fully saturated rings. The van der Waals surface area contributed by atoms with Gasteiger partial charge in [-0.2, -0.15) is 0 Å². The molecule has 0 bridgehead atoms. The summed E-state index contributed by atoms with van der Waals surface area (Å²) in [6.07, 6.45) is 1.42. The van der Waals surface area contributed by atoms with Crippen molar-refractivity contribution >= 4 is 29.6 Å². The fraction of sp³-hybridized carbons (Fsp3) is 0.115. The van der Waals surface area contributed by atoms with Gasteiger partial charge < -0.3 is 14.2 Å². The zero-order valence-electron chi connectivity index (χ0n) is 18.4. The second-order valence-electron chi connectivity index (χ2n) is 7.20. The third-order valence-corrected chi connectivity index (χ3v) is 5.00. The molecular weight excluding hydrogens is 436 g/mol. The first-order chi connectivity index (χ1) is 16.6. The summed E-state index contributed by atoms with van der Waals surface area (Å²) in [6.45, 7) is 0.522. The van der Waals surface area contributed by atoms with Crippen molar-refractivity contribution in [1.29, 1.82) is 0 Å². The number of para-hydroxylation sites is 2. The van der Waals surface area contributed by atoms with Crippen LogP contribution in [0.3, 0.4) is 0 Å². The molecule has 0 aromatic heterocycles. The quantitative estimate of drug-likeness (QED) is 0.313. The standard InChI is InChI=1S/C26H22N2O6/c1-32-20-11-13-21(14-12-20)33-15-16-34-23-10-6-5-7-18(23)17-22-24(29)27-26(31)28(25(22)30)19-8-3-2-4-9-19/h2-14,17H,15-16H2,1H3,(H,27,29,31)/b22-17-. The van der Waals surface area contributed by atoms with Gasteiger partial charge in [0.05, 0.1) is 12.8 Å². The molecule has 3 aromatic rings. The largest absolute Gasteiger partial charge is 0.497 e. The number of carbonyl (C=O) groups is 3.